The number of rotatable bonds is 12. The Morgan fingerprint density at radius 1 is 1.06 bits per heavy atom. The van der Waals surface area contributed by atoms with Crippen LogP contribution in [0.1, 0.15) is 12.5 Å². The van der Waals surface area contributed by atoms with E-state index in [2.05, 4.69) is 28.2 Å². The topological polar surface area (TPSA) is 108 Å². The van der Waals surface area contributed by atoms with Gasteiger partial charge in [0.1, 0.15) is 0 Å². The van der Waals surface area contributed by atoms with Crippen molar-refractivity contribution >= 4 is 24.2 Å². The van der Waals surface area contributed by atoms with Crippen LogP contribution < -0.4 is 30.6 Å². The van der Waals surface area contributed by atoms with E-state index in [4.69, 9.17) is 19.9 Å². The summed E-state index contributed by atoms with van der Waals surface area (Å²) in [4.78, 5) is 17.5. The lowest BCUT2D eigenvalue weighted by molar-refractivity contribution is -0.127. The lowest BCUT2D eigenvalue weighted by atomic mass is 10.1. The van der Waals surface area contributed by atoms with Crippen LogP contribution in [-0.4, -0.2) is 49.6 Å². The van der Waals surface area contributed by atoms with Crippen LogP contribution in [0.5, 0.6) is 17.4 Å². The third kappa shape index (κ3) is 7.03. The van der Waals surface area contributed by atoms with Gasteiger partial charge >= 0.3 is 0 Å². The summed E-state index contributed by atoms with van der Waals surface area (Å²) in [6.07, 6.45) is -0.802. The average molecular weight is 497 g/mol. The number of carbonyl (C=O) groups is 1. The molecule has 9 heteroatoms. The molecule has 2 atom stereocenters. The molecule has 0 bridgehead atoms. The van der Waals surface area contributed by atoms with Crippen molar-refractivity contribution in [3.63, 3.8) is 0 Å². The van der Waals surface area contributed by atoms with E-state index in [-0.39, 0.29) is 18.5 Å². The Balaban J connectivity index is 1.75. The van der Waals surface area contributed by atoms with Crippen LogP contribution in [0.4, 0.5) is 5.69 Å². The number of nitrogens with two attached hydrogens (primary N) is 1. The number of aromatic nitrogens is 1. The van der Waals surface area contributed by atoms with E-state index >= 15 is 0 Å². The van der Waals surface area contributed by atoms with E-state index in [1.165, 1.54) is 0 Å². The second-order valence-corrected chi connectivity index (χ2v) is 8.23. The SMILES string of the molecule is COc1cccc(CNC(=O)[C@@H](C)Oc2nc(-c3ccccc3)ccc2NCC(N)CS)c1OC. The molecule has 2 aromatic carbocycles. The maximum Gasteiger partial charge on any atom is 0.261 e. The van der Waals surface area contributed by atoms with Gasteiger partial charge in [-0.1, -0.05) is 42.5 Å². The first-order chi connectivity index (χ1) is 17.0. The van der Waals surface area contributed by atoms with E-state index in [1.54, 1.807) is 27.2 Å². The number of benzene rings is 2. The van der Waals surface area contributed by atoms with Crippen molar-refractivity contribution in [3.8, 4) is 28.6 Å². The first-order valence-corrected chi connectivity index (χ1v) is 11.9. The lowest BCUT2D eigenvalue weighted by Crippen LogP contribution is -2.36. The molecule has 8 nitrogen and oxygen atoms in total. The highest BCUT2D eigenvalue weighted by atomic mass is 32.1. The van der Waals surface area contributed by atoms with E-state index in [0.29, 0.717) is 35.4 Å². The molecular weight excluding hydrogens is 464 g/mol. The average Bonchev–Trinajstić information content (AvgIpc) is 2.90. The maximum atomic E-state index is 12.9. The van der Waals surface area contributed by atoms with Gasteiger partial charge in [-0.15, -0.1) is 0 Å². The molecule has 1 aromatic heterocycles. The summed E-state index contributed by atoms with van der Waals surface area (Å²) in [7, 11) is 3.13. The molecule has 0 saturated heterocycles. The second-order valence-electron chi connectivity index (χ2n) is 7.87. The zero-order chi connectivity index (χ0) is 25.2. The standard InChI is InChI=1S/C26H32N4O4S/c1-17(25(31)29-14-19-10-7-11-23(32-2)24(19)33-3)34-26-22(28-15-20(27)16-35)13-12-21(30-26)18-8-5-4-6-9-18/h4-13,17,20,28,35H,14-16,27H2,1-3H3,(H,29,31)/t17-,20?/m1/s1. The smallest absolute Gasteiger partial charge is 0.261 e. The van der Waals surface area contributed by atoms with Gasteiger partial charge in [-0.3, -0.25) is 4.79 Å². The zero-order valence-corrected chi connectivity index (χ0v) is 21.0. The summed E-state index contributed by atoms with van der Waals surface area (Å²) < 4.78 is 16.8. The van der Waals surface area contributed by atoms with Crippen LogP contribution in [0.25, 0.3) is 11.3 Å². The van der Waals surface area contributed by atoms with Crippen molar-refractivity contribution in [3.05, 3.63) is 66.2 Å². The van der Waals surface area contributed by atoms with Crippen molar-refractivity contribution in [1.29, 1.82) is 0 Å². The Kier molecular flexibility index (Phi) is 9.63. The molecule has 3 rings (SSSR count). The number of nitrogens with one attached hydrogen (secondary N) is 2. The number of amides is 1. The van der Waals surface area contributed by atoms with Gasteiger partial charge in [-0.05, 0) is 25.1 Å². The summed E-state index contributed by atoms with van der Waals surface area (Å²) in [6.45, 7) is 2.42. The molecule has 1 amide bonds. The number of ether oxygens (including phenoxy) is 3. The minimum Gasteiger partial charge on any atom is -0.493 e. The molecule has 1 heterocycles. The predicted octanol–water partition coefficient (Wildman–Crippen LogP) is 3.52. The van der Waals surface area contributed by atoms with Crippen LogP contribution in [0.3, 0.4) is 0 Å². The van der Waals surface area contributed by atoms with Gasteiger partial charge in [0.25, 0.3) is 5.91 Å². The third-order valence-electron chi connectivity index (χ3n) is 5.31. The number of carbonyl (C=O) groups excluding carboxylic acids is 1. The van der Waals surface area contributed by atoms with Gasteiger partial charge in [-0.25, -0.2) is 4.98 Å². The van der Waals surface area contributed by atoms with E-state index < -0.39 is 6.10 Å². The van der Waals surface area contributed by atoms with Gasteiger partial charge in [0, 0.05) is 36.0 Å². The Morgan fingerprint density at radius 2 is 1.83 bits per heavy atom. The highest BCUT2D eigenvalue weighted by molar-refractivity contribution is 7.80. The second kappa shape index (κ2) is 12.9. The number of hydrogen-bond donors (Lipinski definition) is 4. The zero-order valence-electron chi connectivity index (χ0n) is 20.2. The molecular formula is C26H32N4O4S. The quantitative estimate of drug-likeness (QED) is 0.284. The molecule has 0 aliphatic rings. The van der Waals surface area contributed by atoms with Crippen LogP contribution in [0, 0.1) is 0 Å². The number of thiol groups is 1. The van der Waals surface area contributed by atoms with Gasteiger partial charge in [0.2, 0.25) is 5.88 Å². The van der Waals surface area contributed by atoms with Crippen molar-refractivity contribution in [1.82, 2.24) is 10.3 Å². The van der Waals surface area contributed by atoms with Gasteiger partial charge in [-0.2, -0.15) is 12.6 Å². The van der Waals surface area contributed by atoms with E-state index in [0.717, 1.165) is 16.8 Å². The number of methoxy groups -OCH3 is 2. The molecule has 0 fully saturated rings. The van der Waals surface area contributed by atoms with Gasteiger partial charge in [0.05, 0.1) is 25.6 Å². The molecule has 0 radical (unpaired) electrons. The van der Waals surface area contributed by atoms with E-state index in [1.807, 2.05) is 54.6 Å². The minimum absolute atomic E-state index is 0.140. The molecule has 4 N–H and O–H groups in total. The lowest BCUT2D eigenvalue weighted by Gasteiger charge is -2.19. The fraction of sp³-hybridized carbons (Fsp3) is 0.308. The van der Waals surface area contributed by atoms with Gasteiger partial charge < -0.3 is 30.6 Å². The molecule has 0 saturated carbocycles. The summed E-state index contributed by atoms with van der Waals surface area (Å²) in [5.74, 6) is 1.73. The Morgan fingerprint density at radius 3 is 2.51 bits per heavy atom. The van der Waals surface area contributed by atoms with Crippen molar-refractivity contribution in [2.45, 2.75) is 25.6 Å². The van der Waals surface area contributed by atoms with Crippen LogP contribution in [0.2, 0.25) is 0 Å². The molecule has 35 heavy (non-hydrogen) atoms. The molecule has 1 unspecified atom stereocenters. The van der Waals surface area contributed by atoms with Crippen molar-refractivity contribution < 1.29 is 19.0 Å². The number of hydrogen-bond acceptors (Lipinski definition) is 8. The molecule has 0 spiro atoms. The monoisotopic (exact) mass is 496 g/mol. The first kappa shape index (κ1) is 26.2. The molecule has 0 aliphatic heterocycles. The molecule has 186 valence electrons. The number of nitrogens with zero attached hydrogens (tertiary/aromatic N) is 1. The largest absolute Gasteiger partial charge is 0.493 e. The Labute approximate surface area is 211 Å². The van der Waals surface area contributed by atoms with Crippen LogP contribution in [-0.2, 0) is 11.3 Å². The van der Waals surface area contributed by atoms with Crippen molar-refractivity contribution in [2.75, 3.05) is 31.8 Å². The highest BCUT2D eigenvalue weighted by Crippen LogP contribution is 2.31. The van der Waals surface area contributed by atoms with Crippen molar-refractivity contribution in [2.24, 2.45) is 5.73 Å². The fourth-order valence-electron chi connectivity index (χ4n) is 3.38. The Bertz CT molecular complexity index is 1110. The summed E-state index contributed by atoms with van der Waals surface area (Å²) in [6, 6.07) is 18.9. The summed E-state index contributed by atoms with van der Waals surface area (Å²) in [5.41, 5.74) is 9.11. The number of anilines is 1. The minimum atomic E-state index is -0.802. The predicted molar refractivity (Wildman–Crippen MR) is 141 cm³/mol. The highest BCUT2D eigenvalue weighted by Gasteiger charge is 2.19. The normalized spacial score (nSPS) is 12.4. The maximum absolute atomic E-state index is 12.9. The number of pyridine rings is 1. The van der Waals surface area contributed by atoms with Crippen LogP contribution in [0.15, 0.2) is 60.7 Å². The fourth-order valence-corrected chi connectivity index (χ4v) is 3.51. The van der Waals surface area contributed by atoms with E-state index in [9.17, 15) is 4.79 Å². The summed E-state index contributed by atoms with van der Waals surface area (Å²) in [5, 5.41) is 6.14. The Hall–Kier alpha value is -3.43. The molecule has 0 aliphatic carbocycles. The molecule has 3 aromatic rings. The third-order valence-corrected chi connectivity index (χ3v) is 5.78. The first-order valence-electron chi connectivity index (χ1n) is 11.3. The summed E-state index contributed by atoms with van der Waals surface area (Å²) >= 11 is 4.23. The number of para-hydroxylation sites is 1. The van der Waals surface area contributed by atoms with Crippen LogP contribution >= 0.6 is 12.6 Å². The van der Waals surface area contributed by atoms with Gasteiger partial charge in [0.15, 0.2) is 17.6 Å².